The second kappa shape index (κ2) is 7.02. The fraction of sp³-hybridized carbons (Fsp3) is 0.545. The maximum Gasteiger partial charge on any atom is 0.404 e. The quantitative estimate of drug-likeness (QED) is 0.714. The Labute approximate surface area is 185 Å². The number of nitrogens with two attached hydrogens (primary N) is 1. The Bertz CT molecular complexity index is 1040. The normalized spacial score (nSPS) is 25.7. The monoisotopic (exact) mass is 450 g/mol. The largest absolute Gasteiger partial charge is 0.496 e. The number of rotatable bonds is 3. The molecule has 1 aromatic carbocycles. The summed E-state index contributed by atoms with van der Waals surface area (Å²) in [6, 6.07) is 3.67. The minimum atomic E-state index is -0.790. The summed E-state index contributed by atoms with van der Waals surface area (Å²) in [5.41, 5.74) is 5.98. The van der Waals surface area contributed by atoms with E-state index in [1.54, 1.807) is 13.2 Å². The van der Waals surface area contributed by atoms with Gasteiger partial charge in [0.15, 0.2) is 0 Å². The maximum absolute atomic E-state index is 13.8. The number of likely N-dealkylation sites (tertiary alicyclic amines) is 1. The van der Waals surface area contributed by atoms with E-state index in [9.17, 15) is 9.59 Å². The Morgan fingerprint density at radius 1 is 1.33 bits per heavy atom. The molecule has 8 heteroatoms. The van der Waals surface area contributed by atoms with Crippen molar-refractivity contribution in [3.63, 3.8) is 0 Å². The van der Waals surface area contributed by atoms with Gasteiger partial charge in [0.25, 0.3) is 5.91 Å². The summed E-state index contributed by atoms with van der Waals surface area (Å²) in [4.78, 5) is 27.3. The van der Waals surface area contributed by atoms with Crippen LogP contribution in [0, 0.1) is 18.3 Å². The first-order chi connectivity index (χ1) is 14.0. The van der Waals surface area contributed by atoms with Crippen molar-refractivity contribution in [3.05, 3.63) is 27.6 Å². The second-order valence-electron chi connectivity index (χ2n) is 9.30. The van der Waals surface area contributed by atoms with Crippen molar-refractivity contribution in [1.82, 2.24) is 4.90 Å². The Kier molecular flexibility index (Phi) is 4.97. The Morgan fingerprint density at radius 2 is 2.03 bits per heavy atom. The number of hydrogen-bond donors (Lipinski definition) is 1. The molecule has 3 atom stereocenters. The minimum Gasteiger partial charge on any atom is -0.496 e. The third kappa shape index (κ3) is 2.89. The molecule has 1 aromatic heterocycles. The number of benzene rings is 1. The molecule has 2 bridgehead atoms. The number of methoxy groups -OCH3 is 1. The first kappa shape index (κ1) is 21.2. The fourth-order valence-corrected chi connectivity index (χ4v) is 6.84. The van der Waals surface area contributed by atoms with E-state index < -0.39 is 17.7 Å². The van der Waals surface area contributed by atoms with Crippen LogP contribution in [-0.2, 0) is 4.74 Å². The first-order valence-corrected chi connectivity index (χ1v) is 11.3. The van der Waals surface area contributed by atoms with E-state index in [-0.39, 0.29) is 17.2 Å². The SMILES string of the molecule is COc1cc(C(=O)N2CC3CCC2(C(C)(C)C)[C@@H]3OC(N)=O)cc2sc(Cl)c(C)c12. The van der Waals surface area contributed by atoms with Gasteiger partial charge in [-0.25, -0.2) is 4.79 Å². The Hall–Kier alpha value is -1.99. The summed E-state index contributed by atoms with van der Waals surface area (Å²) in [5, 5.41) is 0.937. The topological polar surface area (TPSA) is 81.9 Å². The molecule has 4 rings (SSSR count). The number of ether oxygens (including phenoxy) is 2. The molecule has 0 radical (unpaired) electrons. The highest BCUT2D eigenvalue weighted by atomic mass is 35.5. The van der Waals surface area contributed by atoms with Gasteiger partial charge in [-0.1, -0.05) is 32.4 Å². The van der Waals surface area contributed by atoms with Gasteiger partial charge in [0.2, 0.25) is 0 Å². The molecular weight excluding hydrogens is 424 g/mol. The molecule has 2 heterocycles. The highest BCUT2D eigenvalue weighted by molar-refractivity contribution is 7.23. The van der Waals surface area contributed by atoms with Crippen LogP contribution in [-0.4, -0.2) is 42.2 Å². The Balaban J connectivity index is 1.81. The van der Waals surface area contributed by atoms with Crippen LogP contribution >= 0.6 is 22.9 Å². The number of primary amides is 1. The van der Waals surface area contributed by atoms with E-state index in [0.717, 1.165) is 28.5 Å². The lowest BCUT2D eigenvalue weighted by Gasteiger charge is -2.49. The molecule has 6 nitrogen and oxygen atoms in total. The number of halogens is 1. The van der Waals surface area contributed by atoms with Gasteiger partial charge >= 0.3 is 6.09 Å². The van der Waals surface area contributed by atoms with E-state index in [1.807, 2.05) is 17.9 Å². The summed E-state index contributed by atoms with van der Waals surface area (Å²) in [7, 11) is 1.60. The molecule has 2 amide bonds. The smallest absolute Gasteiger partial charge is 0.404 e. The van der Waals surface area contributed by atoms with Gasteiger partial charge in [-0.3, -0.25) is 4.79 Å². The van der Waals surface area contributed by atoms with Crippen molar-refractivity contribution in [2.24, 2.45) is 17.1 Å². The van der Waals surface area contributed by atoms with Crippen molar-refractivity contribution in [2.75, 3.05) is 13.7 Å². The first-order valence-electron chi connectivity index (χ1n) is 10.1. The van der Waals surface area contributed by atoms with Crippen LogP contribution < -0.4 is 10.5 Å². The van der Waals surface area contributed by atoms with Gasteiger partial charge in [0.05, 0.1) is 17.0 Å². The molecule has 2 N–H and O–H groups in total. The number of piperidine rings is 1. The van der Waals surface area contributed by atoms with Gasteiger partial charge < -0.3 is 20.1 Å². The number of aryl methyl sites for hydroxylation is 1. The van der Waals surface area contributed by atoms with Gasteiger partial charge in [0, 0.05) is 28.1 Å². The third-order valence-corrected chi connectivity index (χ3v) is 8.43. The van der Waals surface area contributed by atoms with Crippen LogP contribution in [0.2, 0.25) is 4.34 Å². The van der Waals surface area contributed by atoms with Crippen molar-refractivity contribution < 1.29 is 19.1 Å². The average Bonchev–Trinajstić information content (AvgIpc) is 3.28. The highest BCUT2D eigenvalue weighted by Gasteiger charge is 2.66. The van der Waals surface area contributed by atoms with Crippen LogP contribution in [0.3, 0.4) is 0 Å². The number of carbonyl (C=O) groups excluding carboxylic acids is 2. The van der Waals surface area contributed by atoms with E-state index in [4.69, 9.17) is 26.8 Å². The summed E-state index contributed by atoms with van der Waals surface area (Å²) < 4.78 is 12.8. The number of amides is 2. The van der Waals surface area contributed by atoms with Crippen LogP contribution in [0.1, 0.15) is 49.5 Å². The van der Waals surface area contributed by atoms with Crippen molar-refractivity contribution in [3.8, 4) is 5.75 Å². The lowest BCUT2D eigenvalue weighted by atomic mass is 9.70. The van der Waals surface area contributed by atoms with Crippen molar-refractivity contribution in [2.45, 2.75) is 52.2 Å². The maximum atomic E-state index is 13.8. The number of carbonyl (C=O) groups is 2. The third-order valence-electron chi connectivity index (χ3n) is 6.88. The van der Waals surface area contributed by atoms with Gasteiger partial charge in [-0.05, 0) is 42.9 Å². The minimum absolute atomic E-state index is 0.0877. The molecule has 162 valence electrons. The fourth-order valence-electron chi connectivity index (χ4n) is 5.50. The number of nitrogens with zero attached hydrogens (tertiary/aromatic N) is 1. The molecule has 1 aliphatic carbocycles. The molecular formula is C22H27ClN2O4S. The lowest BCUT2D eigenvalue weighted by molar-refractivity contribution is -0.0359. The highest BCUT2D eigenvalue weighted by Crippen LogP contribution is 2.57. The summed E-state index contributed by atoms with van der Waals surface area (Å²) in [6.07, 6.45) is 0.486. The zero-order valence-corrected chi connectivity index (χ0v) is 19.4. The van der Waals surface area contributed by atoms with E-state index >= 15 is 0 Å². The van der Waals surface area contributed by atoms with Crippen LogP contribution in [0.4, 0.5) is 4.79 Å². The zero-order valence-electron chi connectivity index (χ0n) is 17.9. The van der Waals surface area contributed by atoms with Gasteiger partial charge in [-0.2, -0.15) is 0 Å². The predicted octanol–water partition coefficient (Wildman–Crippen LogP) is 4.99. The van der Waals surface area contributed by atoms with E-state index in [1.165, 1.54) is 11.3 Å². The zero-order chi connectivity index (χ0) is 22.0. The molecule has 2 aromatic rings. The molecule has 30 heavy (non-hydrogen) atoms. The summed E-state index contributed by atoms with van der Waals surface area (Å²) in [5.74, 6) is 0.632. The number of hydrogen-bond acceptors (Lipinski definition) is 5. The van der Waals surface area contributed by atoms with Crippen LogP contribution in [0.15, 0.2) is 12.1 Å². The van der Waals surface area contributed by atoms with Crippen LogP contribution in [0.25, 0.3) is 10.1 Å². The van der Waals surface area contributed by atoms with E-state index in [2.05, 4.69) is 20.8 Å². The molecule has 1 aliphatic heterocycles. The molecule has 2 unspecified atom stereocenters. The summed E-state index contributed by atoms with van der Waals surface area (Å²) in [6.45, 7) is 8.75. The molecule has 0 spiro atoms. The van der Waals surface area contributed by atoms with Crippen molar-refractivity contribution in [1.29, 1.82) is 0 Å². The average molecular weight is 451 g/mol. The number of fused-ring (bicyclic) bond motifs is 3. The van der Waals surface area contributed by atoms with Gasteiger partial charge in [0.1, 0.15) is 11.9 Å². The summed E-state index contributed by atoms with van der Waals surface area (Å²) >= 11 is 7.79. The van der Waals surface area contributed by atoms with E-state index in [0.29, 0.717) is 22.2 Å². The van der Waals surface area contributed by atoms with Crippen molar-refractivity contribution >= 4 is 45.0 Å². The molecule has 2 fully saturated rings. The molecule has 1 saturated heterocycles. The Morgan fingerprint density at radius 3 is 2.63 bits per heavy atom. The molecule has 2 aliphatic rings. The predicted molar refractivity (Wildman–Crippen MR) is 119 cm³/mol. The molecule has 1 saturated carbocycles. The lowest BCUT2D eigenvalue weighted by Crippen LogP contribution is -2.60. The standard InChI is InChI=1S/C22H27ClN2O4S/c1-11-16-14(28-5)8-13(9-15(16)30-18(11)23)19(26)25-10-12-6-7-22(25,21(2,3)4)17(12)29-20(24)27/h8-9,12,17H,6-7,10H2,1-5H3,(H2,24,27)/t12?,17-,22?/m1/s1. The van der Waals surface area contributed by atoms with Gasteiger partial charge in [-0.15, -0.1) is 11.3 Å². The van der Waals surface area contributed by atoms with Crippen LogP contribution in [0.5, 0.6) is 5.75 Å². The number of thiophene rings is 1. The second-order valence-corrected chi connectivity index (χ2v) is 11.0.